The van der Waals surface area contributed by atoms with Gasteiger partial charge in [-0.3, -0.25) is 0 Å². The summed E-state index contributed by atoms with van der Waals surface area (Å²) >= 11 is 5.72. The number of quaternary nitrogens is 1. The second kappa shape index (κ2) is 6.85. The number of hydrogen-bond donors (Lipinski definition) is 2. The molecule has 0 aromatic carbocycles. The van der Waals surface area contributed by atoms with Crippen LogP contribution < -0.4 is 10.2 Å². The van der Waals surface area contributed by atoms with E-state index in [2.05, 4.69) is 31.0 Å². The van der Waals surface area contributed by atoms with Crippen LogP contribution in [0.3, 0.4) is 0 Å². The van der Waals surface area contributed by atoms with Gasteiger partial charge >= 0.3 is 0 Å². The lowest BCUT2D eigenvalue weighted by Crippen LogP contribution is -3.14. The molecule has 1 saturated carbocycles. The van der Waals surface area contributed by atoms with Crippen molar-refractivity contribution in [2.24, 2.45) is 10.8 Å². The van der Waals surface area contributed by atoms with Crippen molar-refractivity contribution >= 4 is 17.3 Å². The normalized spacial score (nSPS) is 33.7. The fraction of sp³-hybridized carbons (Fsp3) is 0.944. The first-order valence-corrected chi connectivity index (χ1v) is 9.74. The van der Waals surface area contributed by atoms with E-state index in [0.29, 0.717) is 16.9 Å². The molecule has 0 radical (unpaired) electrons. The summed E-state index contributed by atoms with van der Waals surface area (Å²) in [6.45, 7) is 14.8. The van der Waals surface area contributed by atoms with Gasteiger partial charge in [-0.2, -0.15) is 0 Å². The SMILES string of the molecule is CC1(C)C[C@@H]2C[C@](C)(CN2C(=S)NCCC[NH+]2CCOCC2)C1. The van der Waals surface area contributed by atoms with Gasteiger partial charge in [-0.15, -0.1) is 0 Å². The summed E-state index contributed by atoms with van der Waals surface area (Å²) in [5.41, 5.74) is 0.915. The maximum Gasteiger partial charge on any atom is 0.169 e. The first-order chi connectivity index (χ1) is 10.9. The van der Waals surface area contributed by atoms with Gasteiger partial charge in [0.25, 0.3) is 0 Å². The molecule has 0 aromatic rings. The van der Waals surface area contributed by atoms with Crippen LogP contribution in [0.1, 0.15) is 46.5 Å². The number of thiocarbonyl (C=S) groups is 1. The molecule has 2 aliphatic heterocycles. The number of rotatable bonds is 4. The van der Waals surface area contributed by atoms with Gasteiger partial charge in [0.2, 0.25) is 0 Å². The molecule has 2 atom stereocenters. The van der Waals surface area contributed by atoms with E-state index in [0.717, 1.165) is 44.5 Å². The van der Waals surface area contributed by atoms with Gasteiger partial charge in [0.05, 0.1) is 19.8 Å². The van der Waals surface area contributed by atoms with Crippen molar-refractivity contribution in [2.45, 2.75) is 52.5 Å². The van der Waals surface area contributed by atoms with Gasteiger partial charge in [-0.25, -0.2) is 0 Å². The molecule has 132 valence electrons. The Morgan fingerprint density at radius 3 is 2.74 bits per heavy atom. The third kappa shape index (κ3) is 4.37. The summed E-state index contributed by atoms with van der Waals surface area (Å²) in [6.07, 6.45) is 5.12. The molecule has 5 heteroatoms. The Balaban J connectivity index is 1.42. The molecule has 23 heavy (non-hydrogen) atoms. The minimum atomic E-state index is 0.454. The van der Waals surface area contributed by atoms with E-state index in [9.17, 15) is 0 Å². The molecule has 2 N–H and O–H groups in total. The third-order valence-corrected chi connectivity index (χ3v) is 6.24. The molecule has 2 heterocycles. The van der Waals surface area contributed by atoms with Crippen molar-refractivity contribution < 1.29 is 9.64 Å². The van der Waals surface area contributed by atoms with Crippen molar-refractivity contribution in [1.82, 2.24) is 10.2 Å². The average molecular weight is 341 g/mol. The van der Waals surface area contributed by atoms with Crippen LogP contribution in [-0.2, 0) is 4.74 Å². The lowest BCUT2D eigenvalue weighted by Gasteiger charge is -2.39. The standard InChI is InChI=1S/C18H33N3OS/c1-17(2)11-15-12-18(3,13-17)14-21(15)16(23)19-5-4-6-20-7-9-22-10-8-20/h15H,4-14H2,1-3H3,(H,19,23)/p+1/t15-,18+/m1/s1. The van der Waals surface area contributed by atoms with Gasteiger partial charge in [-0.1, -0.05) is 20.8 Å². The van der Waals surface area contributed by atoms with E-state index in [-0.39, 0.29) is 0 Å². The summed E-state index contributed by atoms with van der Waals surface area (Å²) in [4.78, 5) is 4.17. The summed E-state index contributed by atoms with van der Waals surface area (Å²) in [5, 5.41) is 4.53. The van der Waals surface area contributed by atoms with Crippen molar-refractivity contribution in [1.29, 1.82) is 0 Å². The number of morpholine rings is 1. The zero-order valence-corrected chi connectivity index (χ0v) is 15.9. The highest BCUT2D eigenvalue weighted by atomic mass is 32.1. The Kier molecular flexibility index (Phi) is 5.19. The van der Waals surface area contributed by atoms with Gasteiger partial charge in [0.15, 0.2) is 5.11 Å². The summed E-state index contributed by atoms with van der Waals surface area (Å²) < 4.78 is 5.41. The quantitative estimate of drug-likeness (QED) is 0.592. The second-order valence-corrected chi connectivity index (χ2v) is 9.43. The van der Waals surface area contributed by atoms with E-state index in [1.54, 1.807) is 4.90 Å². The molecule has 4 nitrogen and oxygen atoms in total. The molecular formula is C18H34N3OS+. The molecule has 3 aliphatic rings. The van der Waals surface area contributed by atoms with E-state index < -0.39 is 0 Å². The fourth-order valence-corrected chi connectivity index (χ4v) is 5.56. The minimum Gasteiger partial charge on any atom is -0.370 e. The van der Waals surface area contributed by atoms with E-state index >= 15 is 0 Å². The number of nitrogens with zero attached hydrogens (tertiary/aromatic N) is 1. The van der Waals surface area contributed by atoms with Crippen molar-refractivity contribution in [3.8, 4) is 0 Å². The Bertz CT molecular complexity index is 436. The smallest absolute Gasteiger partial charge is 0.169 e. The largest absolute Gasteiger partial charge is 0.370 e. The topological polar surface area (TPSA) is 28.9 Å². The Hall–Kier alpha value is -0.390. The summed E-state index contributed by atoms with van der Waals surface area (Å²) in [7, 11) is 0. The van der Waals surface area contributed by atoms with Crippen molar-refractivity contribution in [3.63, 3.8) is 0 Å². The highest BCUT2D eigenvalue weighted by Crippen LogP contribution is 2.52. The second-order valence-electron chi connectivity index (χ2n) is 9.04. The van der Waals surface area contributed by atoms with Gasteiger partial charge in [-0.05, 0) is 42.3 Å². The number of ether oxygens (including phenoxy) is 1. The maximum atomic E-state index is 5.72. The van der Waals surface area contributed by atoms with Gasteiger partial charge in [0, 0.05) is 25.6 Å². The van der Waals surface area contributed by atoms with Crippen molar-refractivity contribution in [3.05, 3.63) is 0 Å². The van der Waals surface area contributed by atoms with Crippen LogP contribution in [0.15, 0.2) is 0 Å². The predicted octanol–water partition coefficient (Wildman–Crippen LogP) is 1.07. The Labute approximate surface area is 146 Å². The summed E-state index contributed by atoms with van der Waals surface area (Å²) in [6, 6.07) is 0.647. The highest BCUT2D eigenvalue weighted by Gasteiger charge is 2.50. The van der Waals surface area contributed by atoms with Crippen LogP contribution in [0.4, 0.5) is 0 Å². The highest BCUT2D eigenvalue weighted by molar-refractivity contribution is 7.80. The van der Waals surface area contributed by atoms with E-state index in [1.165, 1.54) is 32.2 Å². The fourth-order valence-electron chi connectivity index (χ4n) is 5.24. The Morgan fingerprint density at radius 1 is 1.26 bits per heavy atom. The van der Waals surface area contributed by atoms with Crippen LogP contribution in [0.25, 0.3) is 0 Å². The number of fused-ring (bicyclic) bond motifs is 2. The van der Waals surface area contributed by atoms with E-state index in [1.807, 2.05) is 0 Å². The molecule has 3 fully saturated rings. The molecular weight excluding hydrogens is 306 g/mol. The number of hydrogen-bond acceptors (Lipinski definition) is 2. The summed E-state index contributed by atoms with van der Waals surface area (Å²) in [5.74, 6) is 0. The van der Waals surface area contributed by atoms with Crippen LogP contribution in [0.5, 0.6) is 0 Å². The zero-order chi connectivity index (χ0) is 16.5. The molecule has 2 bridgehead atoms. The van der Waals surface area contributed by atoms with Crippen LogP contribution in [-0.4, -0.2) is 62.0 Å². The Morgan fingerprint density at radius 2 is 2.00 bits per heavy atom. The zero-order valence-electron chi connectivity index (χ0n) is 15.1. The lowest BCUT2D eigenvalue weighted by atomic mass is 9.65. The molecule has 1 aliphatic carbocycles. The lowest BCUT2D eigenvalue weighted by molar-refractivity contribution is -0.908. The average Bonchev–Trinajstić information content (AvgIpc) is 2.73. The van der Waals surface area contributed by atoms with Crippen LogP contribution in [0.2, 0.25) is 0 Å². The molecule has 0 amide bonds. The molecule has 0 spiro atoms. The maximum absolute atomic E-state index is 5.72. The molecule has 2 saturated heterocycles. The van der Waals surface area contributed by atoms with Gasteiger partial charge < -0.3 is 19.9 Å². The molecule has 0 aromatic heterocycles. The molecule has 3 rings (SSSR count). The van der Waals surface area contributed by atoms with Crippen molar-refractivity contribution in [2.75, 3.05) is 45.9 Å². The number of nitrogens with one attached hydrogen (secondary N) is 2. The van der Waals surface area contributed by atoms with E-state index in [4.69, 9.17) is 17.0 Å². The van der Waals surface area contributed by atoms with Crippen LogP contribution >= 0.6 is 12.2 Å². The van der Waals surface area contributed by atoms with Crippen LogP contribution in [0, 0.1) is 10.8 Å². The predicted molar refractivity (Wildman–Crippen MR) is 97.8 cm³/mol. The minimum absolute atomic E-state index is 0.454. The van der Waals surface area contributed by atoms with Gasteiger partial charge in [0.1, 0.15) is 13.1 Å². The first-order valence-electron chi connectivity index (χ1n) is 9.33. The number of likely N-dealkylation sites (tertiary alicyclic amines) is 1. The molecule has 0 unspecified atom stereocenters. The first kappa shape index (κ1) is 17.4. The monoisotopic (exact) mass is 340 g/mol. The third-order valence-electron chi connectivity index (χ3n) is 5.86.